The Morgan fingerprint density at radius 1 is 1.43 bits per heavy atom. The van der Waals surface area contributed by atoms with Crippen LogP contribution in [0.4, 0.5) is 0 Å². The van der Waals surface area contributed by atoms with E-state index in [-0.39, 0.29) is 15.7 Å². The maximum Gasteiger partial charge on any atom is 0.262 e. The van der Waals surface area contributed by atoms with Crippen LogP contribution in [0.2, 0.25) is 0 Å². The summed E-state index contributed by atoms with van der Waals surface area (Å²) in [6.07, 6.45) is 1.85. The Labute approximate surface area is 129 Å². The predicted molar refractivity (Wildman–Crippen MR) is 81.1 cm³/mol. The summed E-state index contributed by atoms with van der Waals surface area (Å²) in [6, 6.07) is 1.50. The van der Waals surface area contributed by atoms with Crippen molar-refractivity contribution in [3.05, 3.63) is 16.3 Å². The number of morpholine rings is 1. The molecule has 1 aromatic rings. The third-order valence-electron chi connectivity index (χ3n) is 3.24. The van der Waals surface area contributed by atoms with E-state index >= 15 is 0 Å². The van der Waals surface area contributed by atoms with Crippen LogP contribution in [-0.4, -0.2) is 51.5 Å². The first-order valence-corrected chi connectivity index (χ1v) is 9.33. The SMILES string of the molecule is CCCCNC(=O)c1sccc1S(=O)(=O)N1CCOCC1. The van der Waals surface area contributed by atoms with E-state index in [1.165, 1.54) is 10.4 Å². The highest BCUT2D eigenvalue weighted by molar-refractivity contribution is 7.89. The summed E-state index contributed by atoms with van der Waals surface area (Å²) in [7, 11) is -3.62. The number of ether oxygens (including phenoxy) is 1. The van der Waals surface area contributed by atoms with E-state index < -0.39 is 10.0 Å². The molecule has 1 aliphatic heterocycles. The minimum absolute atomic E-state index is 0.100. The summed E-state index contributed by atoms with van der Waals surface area (Å²) in [5.41, 5.74) is 0. The highest BCUT2D eigenvalue weighted by atomic mass is 32.2. The fourth-order valence-electron chi connectivity index (χ4n) is 2.05. The van der Waals surface area contributed by atoms with E-state index in [9.17, 15) is 13.2 Å². The Morgan fingerprint density at radius 2 is 2.14 bits per heavy atom. The fraction of sp³-hybridized carbons (Fsp3) is 0.615. The topological polar surface area (TPSA) is 75.7 Å². The van der Waals surface area contributed by atoms with E-state index in [1.54, 1.807) is 5.38 Å². The van der Waals surface area contributed by atoms with Gasteiger partial charge in [0.25, 0.3) is 5.91 Å². The minimum Gasteiger partial charge on any atom is -0.379 e. The highest BCUT2D eigenvalue weighted by Crippen LogP contribution is 2.25. The highest BCUT2D eigenvalue weighted by Gasteiger charge is 2.31. The van der Waals surface area contributed by atoms with Crippen LogP contribution in [0.15, 0.2) is 16.3 Å². The second-order valence-corrected chi connectivity index (χ2v) is 7.56. The number of nitrogens with one attached hydrogen (secondary N) is 1. The lowest BCUT2D eigenvalue weighted by atomic mass is 10.3. The van der Waals surface area contributed by atoms with Gasteiger partial charge in [-0.25, -0.2) is 8.42 Å². The van der Waals surface area contributed by atoms with Gasteiger partial charge >= 0.3 is 0 Å². The Hall–Kier alpha value is -0.960. The molecule has 0 radical (unpaired) electrons. The summed E-state index contributed by atoms with van der Waals surface area (Å²) < 4.78 is 31.8. The van der Waals surface area contributed by atoms with Gasteiger partial charge in [-0.2, -0.15) is 4.31 Å². The monoisotopic (exact) mass is 332 g/mol. The number of hydrogen-bond acceptors (Lipinski definition) is 5. The first-order valence-electron chi connectivity index (χ1n) is 7.01. The molecule has 118 valence electrons. The largest absolute Gasteiger partial charge is 0.379 e. The van der Waals surface area contributed by atoms with Crippen molar-refractivity contribution in [2.75, 3.05) is 32.8 Å². The van der Waals surface area contributed by atoms with Gasteiger partial charge in [0, 0.05) is 19.6 Å². The van der Waals surface area contributed by atoms with E-state index in [1.807, 2.05) is 6.92 Å². The lowest BCUT2D eigenvalue weighted by molar-refractivity contribution is 0.0730. The Morgan fingerprint density at radius 3 is 2.81 bits per heavy atom. The second-order valence-electron chi connectivity index (χ2n) is 4.74. The summed E-state index contributed by atoms with van der Waals surface area (Å²) >= 11 is 1.16. The molecule has 0 atom stereocenters. The average Bonchev–Trinajstić information content (AvgIpc) is 2.98. The summed E-state index contributed by atoms with van der Waals surface area (Å²) in [4.78, 5) is 12.5. The molecule has 1 amide bonds. The fourth-order valence-corrected chi connectivity index (χ4v) is 4.78. The standard InChI is InChI=1S/C13H20N2O4S2/c1-2-3-5-14-13(16)12-11(4-10-20-12)21(17,18)15-6-8-19-9-7-15/h4,10H,2-3,5-9H2,1H3,(H,14,16). The summed E-state index contributed by atoms with van der Waals surface area (Å²) in [5.74, 6) is -0.315. The van der Waals surface area contributed by atoms with Crippen molar-refractivity contribution in [2.45, 2.75) is 24.7 Å². The number of sulfonamides is 1. The molecule has 8 heteroatoms. The van der Waals surface area contributed by atoms with Gasteiger partial charge in [0.05, 0.1) is 13.2 Å². The van der Waals surface area contributed by atoms with Crippen molar-refractivity contribution in [3.63, 3.8) is 0 Å². The van der Waals surface area contributed by atoms with E-state index in [0.29, 0.717) is 32.8 Å². The van der Waals surface area contributed by atoms with Crippen molar-refractivity contribution in [3.8, 4) is 0 Å². The molecule has 0 bridgehead atoms. The molecular formula is C13H20N2O4S2. The maximum atomic E-state index is 12.6. The summed E-state index contributed by atoms with van der Waals surface area (Å²) in [5, 5.41) is 4.41. The van der Waals surface area contributed by atoms with Crippen LogP contribution in [0.1, 0.15) is 29.4 Å². The molecule has 2 rings (SSSR count). The van der Waals surface area contributed by atoms with Gasteiger partial charge in [-0.3, -0.25) is 4.79 Å². The Kier molecular flexibility index (Phi) is 5.74. The number of hydrogen-bond donors (Lipinski definition) is 1. The van der Waals surface area contributed by atoms with Crippen molar-refractivity contribution in [1.82, 2.24) is 9.62 Å². The van der Waals surface area contributed by atoms with Crippen LogP contribution >= 0.6 is 11.3 Å². The van der Waals surface area contributed by atoms with Crippen LogP contribution < -0.4 is 5.32 Å². The zero-order valence-electron chi connectivity index (χ0n) is 12.0. The number of carbonyl (C=O) groups is 1. The van der Waals surface area contributed by atoms with Crippen molar-refractivity contribution < 1.29 is 17.9 Å². The molecule has 0 aliphatic carbocycles. The van der Waals surface area contributed by atoms with E-state index in [4.69, 9.17) is 4.74 Å². The van der Waals surface area contributed by atoms with Gasteiger partial charge in [0.15, 0.2) is 0 Å². The lowest BCUT2D eigenvalue weighted by Gasteiger charge is -2.26. The molecule has 1 fully saturated rings. The molecule has 1 N–H and O–H groups in total. The molecule has 0 unspecified atom stereocenters. The van der Waals surface area contributed by atoms with Crippen molar-refractivity contribution in [2.24, 2.45) is 0 Å². The molecule has 6 nitrogen and oxygen atoms in total. The number of thiophene rings is 1. The Bertz CT molecular complexity index is 577. The summed E-state index contributed by atoms with van der Waals surface area (Å²) in [6.45, 7) is 4.03. The van der Waals surface area contributed by atoms with Gasteiger partial charge in [-0.1, -0.05) is 13.3 Å². The molecule has 0 aromatic carbocycles. The van der Waals surface area contributed by atoms with Crippen molar-refractivity contribution in [1.29, 1.82) is 0 Å². The van der Waals surface area contributed by atoms with Gasteiger partial charge < -0.3 is 10.1 Å². The number of nitrogens with zero attached hydrogens (tertiary/aromatic N) is 1. The van der Waals surface area contributed by atoms with Crippen LogP contribution in [0.5, 0.6) is 0 Å². The Balaban J connectivity index is 2.16. The number of carbonyl (C=O) groups excluding carboxylic acids is 1. The van der Waals surface area contributed by atoms with Crippen molar-refractivity contribution >= 4 is 27.3 Å². The molecule has 1 aliphatic rings. The minimum atomic E-state index is -3.62. The quantitative estimate of drug-likeness (QED) is 0.797. The van der Waals surface area contributed by atoms with Gasteiger partial charge in [-0.15, -0.1) is 11.3 Å². The zero-order valence-corrected chi connectivity index (χ0v) is 13.6. The first kappa shape index (κ1) is 16.4. The molecule has 21 heavy (non-hydrogen) atoms. The molecule has 1 saturated heterocycles. The average molecular weight is 332 g/mol. The van der Waals surface area contributed by atoms with Crippen LogP contribution in [-0.2, 0) is 14.8 Å². The van der Waals surface area contributed by atoms with Gasteiger partial charge in [0.2, 0.25) is 10.0 Å². The van der Waals surface area contributed by atoms with Crippen LogP contribution in [0.25, 0.3) is 0 Å². The van der Waals surface area contributed by atoms with E-state index in [2.05, 4.69) is 5.32 Å². The predicted octanol–water partition coefficient (Wildman–Crippen LogP) is 1.30. The third kappa shape index (κ3) is 3.82. The number of rotatable bonds is 6. The van der Waals surface area contributed by atoms with E-state index in [0.717, 1.165) is 24.2 Å². The number of amides is 1. The molecule has 0 spiro atoms. The normalized spacial score (nSPS) is 16.8. The molecule has 1 aromatic heterocycles. The molecular weight excluding hydrogens is 312 g/mol. The third-order valence-corrected chi connectivity index (χ3v) is 6.22. The second kappa shape index (κ2) is 7.35. The van der Waals surface area contributed by atoms with Gasteiger partial charge in [-0.05, 0) is 17.9 Å². The smallest absolute Gasteiger partial charge is 0.262 e. The maximum absolute atomic E-state index is 12.6. The zero-order chi connectivity index (χ0) is 15.3. The van der Waals surface area contributed by atoms with Gasteiger partial charge in [0.1, 0.15) is 9.77 Å². The number of unbranched alkanes of at least 4 members (excludes halogenated alkanes) is 1. The molecule has 2 heterocycles. The lowest BCUT2D eigenvalue weighted by Crippen LogP contribution is -2.41. The molecule has 0 saturated carbocycles. The first-order chi connectivity index (χ1) is 10.1. The van der Waals surface area contributed by atoms with Crippen LogP contribution in [0, 0.1) is 0 Å². The van der Waals surface area contributed by atoms with Crippen LogP contribution in [0.3, 0.4) is 0 Å².